The molecule has 0 aliphatic rings. The van der Waals surface area contributed by atoms with Gasteiger partial charge in [-0.05, 0) is 24.8 Å². The summed E-state index contributed by atoms with van der Waals surface area (Å²) >= 11 is 0. The van der Waals surface area contributed by atoms with Gasteiger partial charge in [0.15, 0.2) is 5.69 Å². The number of nitrogens with zero attached hydrogens (tertiary/aromatic N) is 6. The molecule has 0 saturated heterocycles. The Morgan fingerprint density at radius 1 is 1.17 bits per heavy atom. The first-order valence-corrected chi connectivity index (χ1v) is 8.89. The second-order valence-electron chi connectivity index (χ2n) is 6.65. The lowest BCUT2D eigenvalue weighted by Crippen LogP contribution is -2.19. The second kappa shape index (κ2) is 7.15. The van der Waals surface area contributed by atoms with Crippen molar-refractivity contribution in [3.05, 3.63) is 70.7 Å². The second-order valence-corrected chi connectivity index (χ2v) is 6.65. The van der Waals surface area contributed by atoms with Crippen LogP contribution in [-0.2, 0) is 0 Å². The van der Waals surface area contributed by atoms with Crippen molar-refractivity contribution in [3.63, 3.8) is 0 Å². The van der Waals surface area contributed by atoms with Gasteiger partial charge in [-0.25, -0.2) is 4.98 Å². The van der Waals surface area contributed by atoms with Crippen molar-refractivity contribution >= 4 is 23.3 Å². The zero-order valence-corrected chi connectivity index (χ0v) is 15.7. The Morgan fingerprint density at radius 3 is 2.62 bits per heavy atom. The average molecular weight is 391 g/mol. The van der Waals surface area contributed by atoms with E-state index in [1.54, 1.807) is 30.5 Å². The van der Waals surface area contributed by atoms with Gasteiger partial charge < -0.3 is 15.4 Å². The predicted molar refractivity (Wildman–Crippen MR) is 106 cm³/mol. The van der Waals surface area contributed by atoms with Crippen LogP contribution in [0.25, 0.3) is 17.0 Å². The summed E-state index contributed by atoms with van der Waals surface area (Å²) in [6.45, 7) is 3.57. The molecule has 0 aliphatic heterocycles. The number of nitro groups is 1. The first-order chi connectivity index (χ1) is 13.9. The van der Waals surface area contributed by atoms with Crippen LogP contribution in [0.1, 0.15) is 30.4 Å². The summed E-state index contributed by atoms with van der Waals surface area (Å²) < 4.78 is 3.07. The zero-order chi connectivity index (χ0) is 20.5. The molecule has 3 aromatic heterocycles. The van der Waals surface area contributed by atoms with Crippen molar-refractivity contribution < 1.29 is 9.72 Å². The molecular weight excluding hydrogens is 374 g/mol. The van der Waals surface area contributed by atoms with E-state index in [9.17, 15) is 14.9 Å². The predicted octanol–water partition coefficient (Wildman–Crippen LogP) is 3.33. The number of amides is 1. The maximum atomic E-state index is 12.7. The smallest absolute Gasteiger partial charge is 0.358 e. The lowest BCUT2D eigenvalue weighted by Gasteiger charge is -2.07. The molecule has 10 nitrogen and oxygen atoms in total. The lowest BCUT2D eigenvalue weighted by atomic mass is 10.2. The van der Waals surface area contributed by atoms with Crippen LogP contribution in [0.2, 0.25) is 0 Å². The number of carbonyl (C=O) groups is 1. The number of hydrogen-bond donors (Lipinski definition) is 1. The van der Waals surface area contributed by atoms with E-state index in [1.807, 2.05) is 36.5 Å². The summed E-state index contributed by atoms with van der Waals surface area (Å²) in [6.07, 6.45) is 3.58. The number of carbonyl (C=O) groups excluding carboxylic acids is 1. The van der Waals surface area contributed by atoms with E-state index in [0.29, 0.717) is 5.78 Å². The van der Waals surface area contributed by atoms with Crippen LogP contribution in [-0.4, -0.2) is 35.0 Å². The first-order valence-electron chi connectivity index (χ1n) is 8.89. The topological polar surface area (TPSA) is 120 Å². The standard InChI is InChI=1S/C19H17N7O3/c1-12(2)25-15(10-17(23-25)26(28)29)18(27)21-16-8-9-24-11-14(20-19(24)22-16)13-6-4-3-5-7-13/h3-12H,1-2H3,(H,20,21,22,27). The SMILES string of the molecule is CC(C)n1nc([N+](=O)[O-])cc1C(=O)Nc1ccn2cc(-c3ccccc3)nc2n1. The van der Waals surface area contributed by atoms with Gasteiger partial charge in [-0.15, -0.1) is 0 Å². The number of anilines is 1. The van der Waals surface area contributed by atoms with Gasteiger partial charge in [-0.3, -0.25) is 9.20 Å². The third-order valence-corrected chi connectivity index (χ3v) is 4.27. The number of nitrogens with one attached hydrogen (secondary N) is 1. The molecule has 1 amide bonds. The zero-order valence-electron chi connectivity index (χ0n) is 15.7. The summed E-state index contributed by atoms with van der Waals surface area (Å²) in [4.78, 5) is 31.9. The fourth-order valence-corrected chi connectivity index (χ4v) is 2.90. The van der Waals surface area contributed by atoms with Crippen LogP contribution >= 0.6 is 0 Å². The molecule has 4 aromatic rings. The highest BCUT2D eigenvalue weighted by Gasteiger charge is 2.25. The molecule has 29 heavy (non-hydrogen) atoms. The maximum Gasteiger partial charge on any atom is 0.390 e. The molecule has 1 N–H and O–H groups in total. The summed E-state index contributed by atoms with van der Waals surface area (Å²) in [5, 5.41) is 17.5. The minimum Gasteiger partial charge on any atom is -0.358 e. The Bertz CT molecular complexity index is 1210. The number of rotatable bonds is 5. The van der Waals surface area contributed by atoms with Gasteiger partial charge in [0.1, 0.15) is 5.82 Å². The minimum atomic E-state index is -0.629. The number of imidazole rings is 1. The summed E-state index contributed by atoms with van der Waals surface area (Å²) in [7, 11) is 0. The first kappa shape index (κ1) is 18.3. The van der Waals surface area contributed by atoms with E-state index >= 15 is 0 Å². The van der Waals surface area contributed by atoms with Crippen LogP contribution in [0, 0.1) is 10.1 Å². The van der Waals surface area contributed by atoms with Crippen LogP contribution in [0.3, 0.4) is 0 Å². The number of aromatic nitrogens is 5. The number of hydrogen-bond acceptors (Lipinski definition) is 6. The van der Waals surface area contributed by atoms with Crippen molar-refractivity contribution in [2.24, 2.45) is 0 Å². The summed E-state index contributed by atoms with van der Waals surface area (Å²) in [6, 6.07) is 12.2. The van der Waals surface area contributed by atoms with Crippen LogP contribution in [0.4, 0.5) is 11.6 Å². The van der Waals surface area contributed by atoms with E-state index in [0.717, 1.165) is 17.3 Å². The number of benzene rings is 1. The molecule has 0 saturated carbocycles. The molecule has 4 rings (SSSR count). The summed E-state index contributed by atoms with van der Waals surface area (Å²) in [5.74, 6) is -0.212. The van der Waals surface area contributed by atoms with Gasteiger partial charge >= 0.3 is 5.82 Å². The monoisotopic (exact) mass is 391 g/mol. The normalized spacial score (nSPS) is 11.1. The molecule has 0 radical (unpaired) electrons. The van der Waals surface area contributed by atoms with Gasteiger partial charge in [-0.2, -0.15) is 9.67 Å². The maximum absolute atomic E-state index is 12.7. The van der Waals surface area contributed by atoms with Crippen molar-refractivity contribution in [2.75, 3.05) is 5.32 Å². The van der Waals surface area contributed by atoms with Crippen LogP contribution < -0.4 is 5.32 Å². The Hall–Kier alpha value is -4.08. The minimum absolute atomic E-state index is 0.0849. The molecule has 0 aliphatic carbocycles. The number of fused-ring (bicyclic) bond motifs is 1. The third kappa shape index (κ3) is 3.55. The molecule has 0 atom stereocenters. The highest BCUT2D eigenvalue weighted by molar-refractivity contribution is 6.03. The van der Waals surface area contributed by atoms with Gasteiger partial charge in [0, 0.05) is 18.0 Å². The molecule has 10 heteroatoms. The highest BCUT2D eigenvalue weighted by atomic mass is 16.6. The van der Waals surface area contributed by atoms with Crippen LogP contribution in [0.5, 0.6) is 0 Å². The summed E-state index contributed by atoms with van der Waals surface area (Å²) in [5.41, 5.74) is 1.80. The molecule has 0 fully saturated rings. The average Bonchev–Trinajstić information content (AvgIpc) is 3.33. The van der Waals surface area contributed by atoms with E-state index in [4.69, 9.17) is 0 Å². The van der Waals surface area contributed by atoms with Gasteiger partial charge in [0.2, 0.25) is 5.78 Å². The van der Waals surface area contributed by atoms with Crippen LogP contribution in [0.15, 0.2) is 54.9 Å². The van der Waals surface area contributed by atoms with Crippen molar-refractivity contribution in [3.8, 4) is 11.3 Å². The van der Waals surface area contributed by atoms with E-state index in [1.165, 1.54) is 4.68 Å². The third-order valence-electron chi connectivity index (χ3n) is 4.27. The van der Waals surface area contributed by atoms with Gasteiger partial charge in [0.25, 0.3) is 5.91 Å². The molecule has 1 aromatic carbocycles. The molecule has 0 bridgehead atoms. The Labute approximate surface area is 165 Å². The van der Waals surface area contributed by atoms with Gasteiger partial charge in [-0.1, -0.05) is 30.3 Å². The van der Waals surface area contributed by atoms with E-state index in [-0.39, 0.29) is 23.4 Å². The van der Waals surface area contributed by atoms with Crippen molar-refractivity contribution in [2.45, 2.75) is 19.9 Å². The molecule has 0 unspecified atom stereocenters. The fourth-order valence-electron chi connectivity index (χ4n) is 2.90. The largest absolute Gasteiger partial charge is 0.390 e. The lowest BCUT2D eigenvalue weighted by molar-refractivity contribution is -0.389. The fraction of sp³-hybridized carbons (Fsp3) is 0.158. The van der Waals surface area contributed by atoms with Crippen molar-refractivity contribution in [1.82, 2.24) is 24.1 Å². The molecule has 146 valence electrons. The molecule has 0 spiro atoms. The van der Waals surface area contributed by atoms with Crippen molar-refractivity contribution in [1.29, 1.82) is 0 Å². The quantitative estimate of drug-likeness (QED) is 0.411. The molecular formula is C19H17N7O3. The highest BCUT2D eigenvalue weighted by Crippen LogP contribution is 2.20. The molecule has 3 heterocycles. The Balaban J connectivity index is 1.63. The van der Waals surface area contributed by atoms with Gasteiger partial charge in [0.05, 0.1) is 22.9 Å². The Morgan fingerprint density at radius 2 is 1.93 bits per heavy atom. The van der Waals surface area contributed by atoms with E-state index < -0.39 is 10.8 Å². The Kier molecular flexibility index (Phi) is 4.51. The van der Waals surface area contributed by atoms with E-state index in [2.05, 4.69) is 20.4 Å².